The zero-order valence-electron chi connectivity index (χ0n) is 17.4. The largest absolute Gasteiger partial charge is 0.339 e. The molecule has 9 heteroatoms. The van der Waals surface area contributed by atoms with Crippen molar-refractivity contribution in [2.75, 3.05) is 46.3 Å². The molecule has 3 aliphatic heterocycles. The molecule has 4 aliphatic rings. The van der Waals surface area contributed by atoms with Crippen LogP contribution < -0.4 is 5.43 Å². The number of hydrogen-bond acceptors (Lipinski definition) is 7. The molecule has 30 heavy (non-hydrogen) atoms. The Bertz CT molecular complexity index is 933. The van der Waals surface area contributed by atoms with E-state index in [1.165, 1.54) is 23.6 Å². The molecule has 1 saturated heterocycles. The van der Waals surface area contributed by atoms with Crippen LogP contribution >= 0.6 is 0 Å². The molecule has 5 rings (SSSR count). The average molecular weight is 431 g/mol. The van der Waals surface area contributed by atoms with Crippen molar-refractivity contribution in [2.45, 2.75) is 36.2 Å². The summed E-state index contributed by atoms with van der Waals surface area (Å²) in [4.78, 5) is 9.60. The van der Waals surface area contributed by atoms with Crippen molar-refractivity contribution in [3.05, 3.63) is 42.1 Å². The highest BCUT2D eigenvalue weighted by Gasteiger charge is 2.36. The van der Waals surface area contributed by atoms with Crippen LogP contribution in [0.25, 0.3) is 0 Å². The second kappa shape index (κ2) is 7.86. The molecular formula is C21H30N6O2S. The number of guanidine groups is 1. The van der Waals surface area contributed by atoms with E-state index in [0.29, 0.717) is 23.9 Å². The minimum absolute atomic E-state index is 0.0719. The van der Waals surface area contributed by atoms with Crippen LogP contribution in [0.4, 0.5) is 0 Å². The molecule has 1 unspecified atom stereocenters. The van der Waals surface area contributed by atoms with Gasteiger partial charge in [0.05, 0.1) is 24.0 Å². The van der Waals surface area contributed by atoms with Gasteiger partial charge in [-0.15, -0.1) is 0 Å². The molecule has 1 aliphatic carbocycles. The maximum atomic E-state index is 13.4. The van der Waals surface area contributed by atoms with E-state index in [0.717, 1.165) is 37.8 Å². The molecule has 0 radical (unpaired) electrons. The third-order valence-electron chi connectivity index (χ3n) is 6.64. The lowest BCUT2D eigenvalue weighted by atomic mass is 9.91. The third-order valence-corrected chi connectivity index (χ3v) is 8.43. The fourth-order valence-electron chi connectivity index (χ4n) is 4.62. The Morgan fingerprint density at radius 1 is 1.03 bits per heavy atom. The van der Waals surface area contributed by atoms with E-state index in [4.69, 9.17) is 0 Å². The van der Waals surface area contributed by atoms with Crippen molar-refractivity contribution >= 4 is 16.0 Å². The summed E-state index contributed by atoms with van der Waals surface area (Å²) in [6, 6.07) is 8.01. The van der Waals surface area contributed by atoms with Crippen LogP contribution in [0, 0.1) is 0 Å². The van der Waals surface area contributed by atoms with Gasteiger partial charge in [0.15, 0.2) is 0 Å². The van der Waals surface area contributed by atoms with E-state index in [-0.39, 0.29) is 6.04 Å². The van der Waals surface area contributed by atoms with Crippen LogP contribution in [0.5, 0.6) is 0 Å². The van der Waals surface area contributed by atoms with Crippen LogP contribution in [-0.4, -0.2) is 85.8 Å². The van der Waals surface area contributed by atoms with Crippen molar-refractivity contribution in [2.24, 2.45) is 4.99 Å². The number of nitrogens with zero attached hydrogens (tertiary/aromatic N) is 5. The summed E-state index contributed by atoms with van der Waals surface area (Å²) in [5.41, 5.74) is 4.32. The molecule has 3 heterocycles. The van der Waals surface area contributed by atoms with Gasteiger partial charge in [0.1, 0.15) is 0 Å². The Hall–Kier alpha value is -2.10. The predicted octanol–water partition coefficient (Wildman–Crippen LogP) is 1.22. The van der Waals surface area contributed by atoms with Gasteiger partial charge in [-0.1, -0.05) is 18.6 Å². The molecule has 1 saturated carbocycles. The molecule has 1 aromatic rings. The van der Waals surface area contributed by atoms with E-state index in [9.17, 15) is 8.42 Å². The summed E-state index contributed by atoms with van der Waals surface area (Å²) < 4.78 is 28.2. The van der Waals surface area contributed by atoms with Crippen molar-refractivity contribution in [3.8, 4) is 0 Å². The Morgan fingerprint density at radius 2 is 1.77 bits per heavy atom. The normalized spacial score (nSPS) is 25.7. The molecule has 1 aromatic carbocycles. The minimum atomic E-state index is -3.61. The fourth-order valence-corrected chi connectivity index (χ4v) is 6.07. The van der Waals surface area contributed by atoms with Gasteiger partial charge in [-0.3, -0.25) is 9.89 Å². The zero-order chi connectivity index (χ0) is 20.7. The Labute approximate surface area is 178 Å². The molecule has 0 aromatic heterocycles. The third kappa shape index (κ3) is 3.59. The van der Waals surface area contributed by atoms with Crippen LogP contribution in [0.15, 0.2) is 46.4 Å². The number of rotatable bonds is 4. The summed E-state index contributed by atoms with van der Waals surface area (Å²) in [6.07, 6.45) is 7.97. The maximum absolute atomic E-state index is 13.4. The van der Waals surface area contributed by atoms with E-state index in [2.05, 4.69) is 26.3 Å². The van der Waals surface area contributed by atoms with Crippen molar-refractivity contribution in [1.29, 1.82) is 0 Å². The molecule has 0 amide bonds. The highest BCUT2D eigenvalue weighted by Crippen LogP contribution is 2.27. The van der Waals surface area contributed by atoms with Gasteiger partial charge >= 0.3 is 0 Å². The van der Waals surface area contributed by atoms with Gasteiger partial charge < -0.3 is 9.91 Å². The first-order valence-electron chi connectivity index (χ1n) is 10.9. The van der Waals surface area contributed by atoms with Crippen LogP contribution in [0.2, 0.25) is 0 Å². The fraction of sp³-hybridized carbons (Fsp3) is 0.571. The maximum Gasteiger partial charge on any atom is 0.266 e. The topological polar surface area (TPSA) is 71.5 Å². The highest BCUT2D eigenvalue weighted by molar-refractivity contribution is 7.89. The predicted molar refractivity (Wildman–Crippen MR) is 116 cm³/mol. The van der Waals surface area contributed by atoms with Gasteiger partial charge in [0.25, 0.3) is 10.0 Å². The van der Waals surface area contributed by atoms with Gasteiger partial charge in [-0.25, -0.2) is 18.1 Å². The molecule has 8 nitrogen and oxygen atoms in total. The number of aliphatic imine (C=N–C) groups is 1. The Balaban J connectivity index is 1.28. The molecule has 162 valence electrons. The Morgan fingerprint density at radius 3 is 2.37 bits per heavy atom. The van der Waals surface area contributed by atoms with Gasteiger partial charge in [-0.05, 0) is 36.6 Å². The van der Waals surface area contributed by atoms with Gasteiger partial charge in [0, 0.05) is 45.5 Å². The van der Waals surface area contributed by atoms with Crippen LogP contribution in [-0.2, 0) is 10.0 Å². The van der Waals surface area contributed by atoms with E-state index >= 15 is 0 Å². The summed E-state index contributed by atoms with van der Waals surface area (Å²) in [5.74, 6) is 0.620. The van der Waals surface area contributed by atoms with Gasteiger partial charge in [0.2, 0.25) is 5.96 Å². The second-order valence-corrected chi connectivity index (χ2v) is 10.4. The molecular weight excluding hydrogens is 400 g/mol. The Kier molecular flexibility index (Phi) is 5.20. The average Bonchev–Trinajstić information content (AvgIpc) is 3.37. The van der Waals surface area contributed by atoms with Crippen molar-refractivity contribution < 1.29 is 8.42 Å². The summed E-state index contributed by atoms with van der Waals surface area (Å²) in [6.45, 7) is 4.60. The first-order valence-corrected chi connectivity index (χ1v) is 12.3. The zero-order valence-corrected chi connectivity index (χ0v) is 18.3. The lowest BCUT2D eigenvalue weighted by Crippen LogP contribution is -2.56. The number of hydrogen-bond donors (Lipinski definition) is 1. The number of hydrazine groups is 1. The molecule has 1 atom stereocenters. The highest BCUT2D eigenvalue weighted by atomic mass is 32.2. The smallest absolute Gasteiger partial charge is 0.266 e. The summed E-state index contributed by atoms with van der Waals surface area (Å²) in [5, 5.41) is 1.90. The first-order chi connectivity index (χ1) is 14.5. The van der Waals surface area contributed by atoms with Crippen molar-refractivity contribution in [1.82, 2.24) is 24.5 Å². The van der Waals surface area contributed by atoms with Crippen molar-refractivity contribution in [3.63, 3.8) is 0 Å². The number of sulfonamides is 1. The van der Waals surface area contributed by atoms with Crippen LogP contribution in [0.1, 0.15) is 30.9 Å². The minimum Gasteiger partial charge on any atom is -0.339 e. The quantitative estimate of drug-likeness (QED) is 0.775. The summed E-state index contributed by atoms with van der Waals surface area (Å²) in [7, 11) is -1.67. The lowest BCUT2D eigenvalue weighted by molar-refractivity contribution is 0.0833. The number of piperazine rings is 1. The monoisotopic (exact) mass is 430 g/mol. The number of nitrogens with one attached hydrogen (secondary N) is 1. The summed E-state index contributed by atoms with van der Waals surface area (Å²) >= 11 is 0. The van der Waals surface area contributed by atoms with E-state index in [1.807, 2.05) is 30.4 Å². The van der Waals surface area contributed by atoms with Gasteiger partial charge in [-0.2, -0.15) is 0 Å². The molecule has 0 bridgehead atoms. The molecule has 1 N–H and O–H groups in total. The number of benzene rings is 1. The molecule has 0 spiro atoms. The first kappa shape index (κ1) is 19.8. The lowest BCUT2D eigenvalue weighted by Gasteiger charge is -2.44. The SMILES string of the molecule is CN1C=CC(c2ccc(S(=O)(=O)N3CCN=C3N3CCN(C4CCC4)CC3)cc2)N1. The second-order valence-electron chi connectivity index (χ2n) is 8.49. The van der Waals surface area contributed by atoms with Crippen LogP contribution in [0.3, 0.4) is 0 Å². The molecule has 2 fully saturated rings. The van der Waals surface area contributed by atoms with E-state index < -0.39 is 10.0 Å². The standard InChI is InChI=1S/C21H30N6O2S/c1-24-11-9-20(23-24)17-5-7-19(8-6-17)30(28,29)27-12-10-22-21(27)26-15-13-25(14-16-26)18-3-2-4-18/h5-9,11,18,20,23H,2-4,10,12-16H2,1H3. The van der Waals surface area contributed by atoms with E-state index in [1.54, 1.807) is 12.1 Å².